The lowest BCUT2D eigenvalue weighted by Crippen LogP contribution is -2.19. The van der Waals surface area contributed by atoms with E-state index >= 15 is 0 Å². The van der Waals surface area contributed by atoms with Crippen LogP contribution in [0.4, 0.5) is 0 Å². The van der Waals surface area contributed by atoms with E-state index < -0.39 is 0 Å². The van der Waals surface area contributed by atoms with Gasteiger partial charge in [-0.25, -0.2) is 0 Å². The van der Waals surface area contributed by atoms with Crippen molar-refractivity contribution in [3.8, 4) is 5.75 Å². The van der Waals surface area contributed by atoms with Crippen LogP contribution in [0, 0.1) is 19.8 Å². The van der Waals surface area contributed by atoms with Crippen LogP contribution in [-0.2, 0) is 0 Å². The molecule has 2 atom stereocenters. The number of benzene rings is 2. The van der Waals surface area contributed by atoms with Gasteiger partial charge >= 0.3 is 0 Å². The van der Waals surface area contributed by atoms with Gasteiger partial charge in [0.05, 0.1) is 6.61 Å². The molecule has 1 fully saturated rings. The van der Waals surface area contributed by atoms with E-state index in [4.69, 9.17) is 4.74 Å². The maximum Gasteiger partial charge on any atom is 0.119 e. The van der Waals surface area contributed by atoms with E-state index in [1.54, 1.807) is 0 Å². The summed E-state index contributed by atoms with van der Waals surface area (Å²) in [6.07, 6.45) is 0. The molecule has 3 rings (SSSR count). The largest absolute Gasteiger partial charge is 0.493 e. The van der Waals surface area contributed by atoms with Gasteiger partial charge < -0.3 is 10.1 Å². The summed E-state index contributed by atoms with van der Waals surface area (Å²) in [5, 5.41) is 3.50. The first-order valence-corrected chi connectivity index (χ1v) is 7.69. The van der Waals surface area contributed by atoms with Gasteiger partial charge in [0.25, 0.3) is 0 Å². The van der Waals surface area contributed by atoms with Crippen molar-refractivity contribution in [2.24, 2.45) is 5.92 Å². The first kappa shape index (κ1) is 16.9. The number of ether oxygens (including phenoxy) is 1. The smallest absolute Gasteiger partial charge is 0.119 e. The zero-order chi connectivity index (χ0) is 14.7. The molecular weight excluding hydrogens is 294 g/mol. The first-order valence-electron chi connectivity index (χ1n) is 7.69. The molecule has 0 saturated carbocycles. The molecule has 0 bridgehead atoms. The first-order chi connectivity index (χ1) is 10.2. The van der Waals surface area contributed by atoms with Crippen molar-refractivity contribution in [1.82, 2.24) is 5.32 Å². The lowest BCUT2D eigenvalue weighted by molar-refractivity contribution is 0.248. The predicted octanol–water partition coefficient (Wildman–Crippen LogP) is 4.11. The van der Waals surface area contributed by atoms with Gasteiger partial charge in [0.1, 0.15) is 5.75 Å². The molecule has 0 amide bonds. The average Bonchev–Trinajstić information content (AvgIpc) is 2.93. The molecular formula is C19H24ClNO. The maximum absolute atomic E-state index is 6.06. The minimum absolute atomic E-state index is 0. The van der Waals surface area contributed by atoms with Crippen molar-refractivity contribution < 1.29 is 4.74 Å². The summed E-state index contributed by atoms with van der Waals surface area (Å²) in [4.78, 5) is 0. The van der Waals surface area contributed by atoms with Gasteiger partial charge in [0, 0.05) is 24.9 Å². The third kappa shape index (κ3) is 4.02. The van der Waals surface area contributed by atoms with E-state index in [-0.39, 0.29) is 12.4 Å². The Kier molecular flexibility index (Phi) is 5.87. The highest BCUT2D eigenvalue weighted by Gasteiger charge is 2.28. The topological polar surface area (TPSA) is 21.3 Å². The van der Waals surface area contributed by atoms with E-state index in [1.165, 1.54) is 16.7 Å². The average molecular weight is 318 g/mol. The normalized spacial score (nSPS) is 20.5. The summed E-state index contributed by atoms with van der Waals surface area (Å²) in [6, 6.07) is 17.2. The van der Waals surface area contributed by atoms with Crippen LogP contribution in [0.2, 0.25) is 0 Å². The molecule has 0 spiro atoms. The Labute approximate surface area is 139 Å². The van der Waals surface area contributed by atoms with E-state index in [0.29, 0.717) is 11.8 Å². The molecule has 2 aromatic carbocycles. The number of halogens is 1. The van der Waals surface area contributed by atoms with Crippen molar-refractivity contribution in [3.63, 3.8) is 0 Å². The van der Waals surface area contributed by atoms with Crippen molar-refractivity contribution in [3.05, 3.63) is 65.2 Å². The van der Waals surface area contributed by atoms with Crippen LogP contribution in [0.5, 0.6) is 5.75 Å². The van der Waals surface area contributed by atoms with Crippen molar-refractivity contribution in [1.29, 1.82) is 0 Å². The molecule has 2 nitrogen and oxygen atoms in total. The van der Waals surface area contributed by atoms with E-state index in [9.17, 15) is 0 Å². The number of nitrogens with one attached hydrogen (secondary N) is 1. The molecule has 1 heterocycles. The predicted molar refractivity (Wildman–Crippen MR) is 94.2 cm³/mol. The molecule has 0 unspecified atom stereocenters. The SMILES string of the molecule is Cc1cc(C)cc(OC[C@@H]2CNC[C@H]2c2ccccc2)c1.Cl. The van der Waals surface area contributed by atoms with Gasteiger partial charge in [0.15, 0.2) is 0 Å². The van der Waals surface area contributed by atoms with Crippen molar-refractivity contribution in [2.45, 2.75) is 19.8 Å². The monoisotopic (exact) mass is 317 g/mol. The van der Waals surface area contributed by atoms with Gasteiger partial charge in [-0.1, -0.05) is 36.4 Å². The fraction of sp³-hybridized carbons (Fsp3) is 0.368. The molecule has 0 aliphatic carbocycles. The molecule has 22 heavy (non-hydrogen) atoms. The highest BCUT2D eigenvalue weighted by Crippen LogP contribution is 2.29. The minimum Gasteiger partial charge on any atom is -0.493 e. The second-order valence-electron chi connectivity index (χ2n) is 6.07. The highest BCUT2D eigenvalue weighted by atomic mass is 35.5. The van der Waals surface area contributed by atoms with Crippen LogP contribution in [0.25, 0.3) is 0 Å². The van der Waals surface area contributed by atoms with Gasteiger partial charge in [-0.2, -0.15) is 0 Å². The molecule has 0 radical (unpaired) electrons. The van der Waals surface area contributed by atoms with Crippen LogP contribution in [-0.4, -0.2) is 19.7 Å². The maximum atomic E-state index is 6.06. The molecule has 3 heteroatoms. The Hall–Kier alpha value is -1.51. The number of rotatable bonds is 4. The van der Waals surface area contributed by atoms with Crippen LogP contribution in [0.3, 0.4) is 0 Å². The quantitative estimate of drug-likeness (QED) is 0.916. The molecule has 1 aliphatic heterocycles. The van der Waals surface area contributed by atoms with Crippen molar-refractivity contribution in [2.75, 3.05) is 19.7 Å². The zero-order valence-electron chi connectivity index (χ0n) is 13.2. The van der Waals surface area contributed by atoms with Gasteiger partial charge in [-0.15, -0.1) is 12.4 Å². The van der Waals surface area contributed by atoms with E-state index in [2.05, 4.69) is 67.7 Å². The highest BCUT2D eigenvalue weighted by molar-refractivity contribution is 5.85. The number of hydrogen-bond acceptors (Lipinski definition) is 2. The third-order valence-corrected chi connectivity index (χ3v) is 4.23. The summed E-state index contributed by atoms with van der Waals surface area (Å²) >= 11 is 0. The lowest BCUT2D eigenvalue weighted by Gasteiger charge is -2.19. The fourth-order valence-electron chi connectivity index (χ4n) is 3.22. The summed E-state index contributed by atoms with van der Waals surface area (Å²) in [6.45, 7) is 7.08. The fourth-order valence-corrected chi connectivity index (χ4v) is 3.22. The Morgan fingerprint density at radius 3 is 2.36 bits per heavy atom. The number of aryl methyl sites for hydroxylation is 2. The second-order valence-corrected chi connectivity index (χ2v) is 6.07. The molecule has 1 saturated heterocycles. The molecule has 2 aromatic rings. The number of hydrogen-bond donors (Lipinski definition) is 1. The van der Waals surface area contributed by atoms with Crippen LogP contribution >= 0.6 is 12.4 Å². The summed E-state index contributed by atoms with van der Waals surface area (Å²) < 4.78 is 6.06. The minimum atomic E-state index is 0. The Bertz CT molecular complexity index is 579. The van der Waals surface area contributed by atoms with Crippen LogP contribution in [0.15, 0.2) is 48.5 Å². The lowest BCUT2D eigenvalue weighted by atomic mass is 9.89. The Morgan fingerprint density at radius 2 is 1.68 bits per heavy atom. The van der Waals surface area contributed by atoms with E-state index in [1.807, 2.05) is 0 Å². The van der Waals surface area contributed by atoms with Gasteiger partial charge in [0.2, 0.25) is 0 Å². The van der Waals surface area contributed by atoms with Crippen LogP contribution in [0.1, 0.15) is 22.6 Å². The summed E-state index contributed by atoms with van der Waals surface area (Å²) in [5.41, 5.74) is 3.93. The molecule has 0 aromatic heterocycles. The van der Waals surface area contributed by atoms with Crippen molar-refractivity contribution >= 4 is 12.4 Å². The van der Waals surface area contributed by atoms with Gasteiger partial charge in [-0.3, -0.25) is 0 Å². The molecule has 1 N–H and O–H groups in total. The summed E-state index contributed by atoms with van der Waals surface area (Å²) in [7, 11) is 0. The van der Waals surface area contributed by atoms with Crippen LogP contribution < -0.4 is 10.1 Å². The standard InChI is InChI=1S/C19H23NO.ClH/c1-14-8-15(2)10-18(9-14)21-13-17-11-20-12-19(17)16-6-4-3-5-7-16;/h3-10,17,19-20H,11-13H2,1-2H3;1H/t17-,19-;/m0./s1. The van der Waals surface area contributed by atoms with E-state index in [0.717, 1.165) is 25.4 Å². The third-order valence-electron chi connectivity index (χ3n) is 4.23. The summed E-state index contributed by atoms with van der Waals surface area (Å²) in [5.74, 6) is 2.08. The zero-order valence-corrected chi connectivity index (χ0v) is 14.0. The van der Waals surface area contributed by atoms with Gasteiger partial charge in [-0.05, 0) is 42.7 Å². The molecule has 1 aliphatic rings. The molecule has 118 valence electrons. The second kappa shape index (κ2) is 7.66. The Morgan fingerprint density at radius 1 is 1.00 bits per heavy atom. The Balaban J connectivity index is 0.00000176.